The molecular weight excluding hydrogens is 220 g/mol. The summed E-state index contributed by atoms with van der Waals surface area (Å²) in [6.07, 6.45) is 2.69. The summed E-state index contributed by atoms with van der Waals surface area (Å²) in [4.78, 5) is 13.0. The topological polar surface area (TPSA) is 98.7 Å². The summed E-state index contributed by atoms with van der Waals surface area (Å²) in [5.41, 5.74) is 5.65. The number of carbonyl (C=O) groups excluding carboxylic acids is 1. The fourth-order valence-electron chi connectivity index (χ4n) is 1.44. The highest BCUT2D eigenvalue weighted by atomic mass is 16.2. The number of nitrogens with zero attached hydrogens (tertiary/aromatic N) is 4. The molecule has 0 saturated heterocycles. The van der Waals surface area contributed by atoms with Gasteiger partial charge >= 0.3 is 0 Å². The molecule has 1 aromatic rings. The van der Waals surface area contributed by atoms with Crippen molar-refractivity contribution in [1.82, 2.24) is 20.2 Å². The molecular formula is C10H20N6O. The second-order valence-corrected chi connectivity index (χ2v) is 4.40. The van der Waals surface area contributed by atoms with Crippen molar-refractivity contribution in [3.05, 3.63) is 0 Å². The minimum Gasteiger partial charge on any atom is -0.328 e. The van der Waals surface area contributed by atoms with E-state index in [0.29, 0.717) is 0 Å². The minimum atomic E-state index is -0.0809. The lowest BCUT2D eigenvalue weighted by atomic mass is 10.0. The van der Waals surface area contributed by atoms with Gasteiger partial charge in [-0.3, -0.25) is 10.1 Å². The van der Waals surface area contributed by atoms with Gasteiger partial charge in [-0.05, 0) is 25.0 Å². The first-order valence-corrected chi connectivity index (χ1v) is 5.79. The average molecular weight is 240 g/mol. The molecule has 0 aliphatic heterocycles. The standard InChI is InChI=1S/C10H20N6O/c1-7(5-4-6-8(2)11)9(17)12-10-13-15-16(3)14-10/h7-8H,4-6,11H2,1-3H3,(H,12,14,17). The summed E-state index contributed by atoms with van der Waals surface area (Å²) < 4.78 is 0. The van der Waals surface area contributed by atoms with Crippen LogP contribution in [0.2, 0.25) is 0 Å². The number of hydrogen-bond donors (Lipinski definition) is 2. The van der Waals surface area contributed by atoms with Crippen LogP contribution in [-0.4, -0.2) is 32.2 Å². The van der Waals surface area contributed by atoms with Gasteiger partial charge in [0, 0.05) is 12.0 Å². The zero-order chi connectivity index (χ0) is 12.8. The van der Waals surface area contributed by atoms with Crippen molar-refractivity contribution in [2.75, 3.05) is 5.32 Å². The average Bonchev–Trinajstić information content (AvgIpc) is 2.63. The van der Waals surface area contributed by atoms with E-state index in [9.17, 15) is 4.79 Å². The van der Waals surface area contributed by atoms with Gasteiger partial charge in [0.05, 0.1) is 7.05 Å². The molecule has 2 unspecified atom stereocenters. The first kappa shape index (κ1) is 13.6. The van der Waals surface area contributed by atoms with E-state index in [1.165, 1.54) is 4.80 Å². The highest BCUT2D eigenvalue weighted by molar-refractivity contribution is 5.90. The molecule has 1 aromatic heterocycles. The van der Waals surface area contributed by atoms with Gasteiger partial charge in [-0.15, -0.1) is 5.10 Å². The predicted octanol–water partition coefficient (Wildman–Crippen LogP) is 0.302. The van der Waals surface area contributed by atoms with Crippen molar-refractivity contribution >= 4 is 11.9 Å². The van der Waals surface area contributed by atoms with Crippen molar-refractivity contribution in [3.8, 4) is 0 Å². The fourth-order valence-corrected chi connectivity index (χ4v) is 1.44. The number of aryl methyl sites for hydroxylation is 1. The highest BCUT2D eigenvalue weighted by Crippen LogP contribution is 2.10. The number of amides is 1. The van der Waals surface area contributed by atoms with Gasteiger partial charge in [0.2, 0.25) is 5.91 Å². The maximum Gasteiger partial charge on any atom is 0.270 e. The number of hydrogen-bond acceptors (Lipinski definition) is 5. The van der Waals surface area contributed by atoms with Gasteiger partial charge in [0.15, 0.2) is 0 Å². The van der Waals surface area contributed by atoms with E-state index in [4.69, 9.17) is 5.73 Å². The summed E-state index contributed by atoms with van der Waals surface area (Å²) >= 11 is 0. The predicted molar refractivity (Wildman–Crippen MR) is 64.1 cm³/mol. The Balaban J connectivity index is 2.32. The number of nitrogens with one attached hydrogen (secondary N) is 1. The molecule has 0 aliphatic rings. The zero-order valence-corrected chi connectivity index (χ0v) is 10.6. The van der Waals surface area contributed by atoms with E-state index < -0.39 is 0 Å². The van der Waals surface area contributed by atoms with Gasteiger partial charge < -0.3 is 5.73 Å². The first-order valence-electron chi connectivity index (χ1n) is 5.79. The van der Waals surface area contributed by atoms with E-state index in [1.54, 1.807) is 7.05 Å². The molecule has 0 fully saturated rings. The van der Waals surface area contributed by atoms with E-state index in [2.05, 4.69) is 20.7 Å². The third-order valence-corrected chi connectivity index (χ3v) is 2.49. The van der Waals surface area contributed by atoms with Crippen LogP contribution < -0.4 is 11.1 Å². The van der Waals surface area contributed by atoms with Gasteiger partial charge in [0.1, 0.15) is 0 Å². The normalized spacial score (nSPS) is 14.4. The van der Waals surface area contributed by atoms with Crippen molar-refractivity contribution in [2.45, 2.75) is 39.2 Å². The maximum absolute atomic E-state index is 11.7. The van der Waals surface area contributed by atoms with Crippen LogP contribution >= 0.6 is 0 Å². The molecule has 0 bridgehead atoms. The van der Waals surface area contributed by atoms with Crippen LogP contribution in [0.4, 0.5) is 5.95 Å². The van der Waals surface area contributed by atoms with Gasteiger partial charge in [-0.1, -0.05) is 18.4 Å². The maximum atomic E-state index is 11.7. The second-order valence-electron chi connectivity index (χ2n) is 4.40. The Hall–Kier alpha value is -1.50. The molecule has 1 heterocycles. The summed E-state index contributed by atoms with van der Waals surface area (Å²) in [6, 6.07) is 0.187. The molecule has 2 atom stereocenters. The smallest absolute Gasteiger partial charge is 0.270 e. The molecule has 0 saturated carbocycles. The highest BCUT2D eigenvalue weighted by Gasteiger charge is 2.14. The summed E-state index contributed by atoms with van der Waals surface area (Å²) in [5, 5.41) is 13.8. The van der Waals surface area contributed by atoms with Crippen LogP contribution in [0, 0.1) is 5.92 Å². The molecule has 7 heteroatoms. The Bertz CT molecular complexity index is 361. The first-order chi connectivity index (χ1) is 7.99. The number of aromatic nitrogens is 4. The number of tetrazole rings is 1. The number of rotatable bonds is 6. The SMILES string of the molecule is CC(N)CCCC(C)C(=O)Nc1nnn(C)n1. The molecule has 96 valence electrons. The van der Waals surface area contributed by atoms with Crippen molar-refractivity contribution in [3.63, 3.8) is 0 Å². The molecule has 7 nitrogen and oxygen atoms in total. The van der Waals surface area contributed by atoms with Crippen LogP contribution in [0.1, 0.15) is 33.1 Å². The molecule has 0 aromatic carbocycles. The summed E-state index contributed by atoms with van der Waals surface area (Å²) in [7, 11) is 1.65. The molecule has 0 radical (unpaired) electrons. The molecule has 0 spiro atoms. The minimum absolute atomic E-state index is 0.0717. The van der Waals surface area contributed by atoms with Crippen molar-refractivity contribution in [2.24, 2.45) is 18.7 Å². The number of anilines is 1. The summed E-state index contributed by atoms with van der Waals surface area (Å²) in [5.74, 6) is 0.0942. The van der Waals surface area contributed by atoms with Crippen LogP contribution in [0.25, 0.3) is 0 Å². The lowest BCUT2D eigenvalue weighted by Gasteiger charge is -2.10. The third-order valence-electron chi connectivity index (χ3n) is 2.49. The van der Waals surface area contributed by atoms with E-state index in [0.717, 1.165) is 19.3 Å². The summed E-state index contributed by atoms with van der Waals surface area (Å²) in [6.45, 7) is 3.85. The fraction of sp³-hybridized carbons (Fsp3) is 0.800. The number of carbonyl (C=O) groups is 1. The van der Waals surface area contributed by atoms with E-state index in [-0.39, 0.29) is 23.8 Å². The van der Waals surface area contributed by atoms with Crippen LogP contribution in [0.3, 0.4) is 0 Å². The molecule has 0 aliphatic carbocycles. The van der Waals surface area contributed by atoms with E-state index >= 15 is 0 Å². The van der Waals surface area contributed by atoms with Crippen LogP contribution in [0.5, 0.6) is 0 Å². The lowest BCUT2D eigenvalue weighted by molar-refractivity contribution is -0.119. The van der Waals surface area contributed by atoms with Crippen LogP contribution in [0.15, 0.2) is 0 Å². The molecule has 1 rings (SSSR count). The Morgan fingerprint density at radius 3 is 2.71 bits per heavy atom. The third kappa shape index (κ3) is 4.90. The van der Waals surface area contributed by atoms with E-state index in [1.807, 2.05) is 13.8 Å². The Morgan fingerprint density at radius 2 is 2.18 bits per heavy atom. The largest absolute Gasteiger partial charge is 0.328 e. The van der Waals surface area contributed by atoms with Crippen molar-refractivity contribution < 1.29 is 4.79 Å². The zero-order valence-electron chi connectivity index (χ0n) is 10.6. The van der Waals surface area contributed by atoms with Gasteiger partial charge in [-0.25, -0.2) is 0 Å². The van der Waals surface area contributed by atoms with Crippen molar-refractivity contribution in [1.29, 1.82) is 0 Å². The lowest BCUT2D eigenvalue weighted by Crippen LogP contribution is -2.22. The molecule has 17 heavy (non-hydrogen) atoms. The molecule has 3 N–H and O–H groups in total. The Morgan fingerprint density at radius 1 is 1.47 bits per heavy atom. The monoisotopic (exact) mass is 240 g/mol. The van der Waals surface area contributed by atoms with Gasteiger partial charge in [0.25, 0.3) is 5.95 Å². The van der Waals surface area contributed by atoms with Crippen LogP contribution in [-0.2, 0) is 11.8 Å². The Labute approximate surface area is 101 Å². The molecule has 1 amide bonds. The Kier molecular flexibility index (Phi) is 5.02. The number of nitrogens with two attached hydrogens (primary N) is 1. The van der Waals surface area contributed by atoms with Gasteiger partial charge in [-0.2, -0.15) is 4.80 Å². The second kappa shape index (κ2) is 6.29. The quantitative estimate of drug-likeness (QED) is 0.745.